The summed E-state index contributed by atoms with van der Waals surface area (Å²) >= 11 is 1.56. The number of allylic oxidation sites excluding steroid dienone is 1. The highest BCUT2D eigenvalue weighted by Gasteiger charge is 2.19. The van der Waals surface area contributed by atoms with Crippen molar-refractivity contribution in [3.63, 3.8) is 0 Å². The van der Waals surface area contributed by atoms with Crippen LogP contribution in [0.25, 0.3) is 0 Å². The maximum atomic E-state index is 12.4. The molecular weight excluding hydrogens is 384 g/mol. The van der Waals surface area contributed by atoms with E-state index >= 15 is 0 Å². The molecule has 0 saturated heterocycles. The number of hydrogen-bond acceptors (Lipinski definition) is 5. The molecule has 7 heteroatoms. The molecule has 0 aliphatic heterocycles. The average Bonchev–Trinajstić information content (AvgIpc) is 3.15. The zero-order valence-electron chi connectivity index (χ0n) is 16.3. The van der Waals surface area contributed by atoms with Crippen LogP contribution in [0.1, 0.15) is 29.1 Å². The maximum absolute atomic E-state index is 12.4. The first kappa shape index (κ1) is 20.7. The number of hydrogen-bond donors (Lipinski definition) is 1. The molecule has 3 aromatic rings. The topological polar surface area (TPSA) is 69.0 Å². The van der Waals surface area contributed by atoms with Crippen molar-refractivity contribution in [3.05, 3.63) is 84.7 Å². The van der Waals surface area contributed by atoms with E-state index in [0.29, 0.717) is 24.5 Å². The fourth-order valence-electron chi connectivity index (χ4n) is 2.77. The Morgan fingerprint density at radius 3 is 2.55 bits per heavy atom. The highest BCUT2D eigenvalue weighted by Crippen LogP contribution is 2.21. The Morgan fingerprint density at radius 2 is 1.86 bits per heavy atom. The number of ether oxygens (including phenoxy) is 1. The van der Waals surface area contributed by atoms with Gasteiger partial charge in [-0.15, -0.1) is 16.8 Å². The number of amides is 1. The molecule has 0 unspecified atom stereocenters. The number of rotatable bonds is 10. The lowest BCUT2D eigenvalue weighted by atomic mass is 10.2. The van der Waals surface area contributed by atoms with Gasteiger partial charge in [-0.05, 0) is 31.2 Å². The molecule has 0 bridgehead atoms. The molecular formula is C22H24N4O2S. The molecule has 6 nitrogen and oxygen atoms in total. The summed E-state index contributed by atoms with van der Waals surface area (Å²) < 4.78 is 7.70. The lowest BCUT2D eigenvalue weighted by Gasteiger charge is -2.15. The van der Waals surface area contributed by atoms with Crippen molar-refractivity contribution < 1.29 is 9.53 Å². The summed E-state index contributed by atoms with van der Waals surface area (Å²) in [7, 11) is 0. The van der Waals surface area contributed by atoms with Crippen LogP contribution in [0.2, 0.25) is 0 Å². The summed E-state index contributed by atoms with van der Waals surface area (Å²) in [4.78, 5) is 12.4. The van der Waals surface area contributed by atoms with Gasteiger partial charge >= 0.3 is 0 Å². The van der Waals surface area contributed by atoms with Gasteiger partial charge in [0.15, 0.2) is 11.0 Å². The van der Waals surface area contributed by atoms with Crippen LogP contribution in [0, 0.1) is 0 Å². The fourth-order valence-corrected chi connectivity index (χ4v) is 3.54. The summed E-state index contributed by atoms with van der Waals surface area (Å²) in [5.41, 5.74) is 0.613. The smallest absolute Gasteiger partial charge is 0.251 e. The second kappa shape index (κ2) is 10.5. The van der Waals surface area contributed by atoms with Crippen molar-refractivity contribution in [3.8, 4) is 5.75 Å². The molecule has 0 aliphatic rings. The average molecular weight is 409 g/mol. The van der Waals surface area contributed by atoms with Gasteiger partial charge in [-0.25, -0.2) is 0 Å². The number of thioether (sulfide) groups is 1. The van der Waals surface area contributed by atoms with Crippen molar-refractivity contribution in [2.75, 3.05) is 12.4 Å². The predicted octanol–water partition coefficient (Wildman–Crippen LogP) is 4.13. The quantitative estimate of drug-likeness (QED) is 0.310. The van der Waals surface area contributed by atoms with E-state index < -0.39 is 0 Å². The molecule has 150 valence electrons. The number of carbonyl (C=O) groups excluding carboxylic acids is 1. The molecule has 29 heavy (non-hydrogen) atoms. The molecule has 1 atom stereocenters. The Labute approximate surface area is 175 Å². The van der Waals surface area contributed by atoms with E-state index in [0.717, 1.165) is 16.7 Å². The molecule has 0 fully saturated rings. The van der Waals surface area contributed by atoms with Gasteiger partial charge in [-0.1, -0.05) is 54.2 Å². The normalized spacial score (nSPS) is 11.6. The van der Waals surface area contributed by atoms with Crippen LogP contribution in [-0.4, -0.2) is 33.0 Å². The Hall–Kier alpha value is -3.06. The molecule has 1 heterocycles. The minimum atomic E-state index is -0.287. The van der Waals surface area contributed by atoms with E-state index in [1.54, 1.807) is 30.0 Å². The van der Waals surface area contributed by atoms with Crippen LogP contribution < -0.4 is 10.1 Å². The van der Waals surface area contributed by atoms with E-state index in [2.05, 4.69) is 22.1 Å². The molecule has 1 N–H and O–H groups in total. The third kappa shape index (κ3) is 5.71. The van der Waals surface area contributed by atoms with Gasteiger partial charge in [-0.3, -0.25) is 4.79 Å². The summed E-state index contributed by atoms with van der Waals surface area (Å²) in [5.74, 6) is 2.13. The molecule has 1 amide bonds. The molecule has 2 aromatic carbocycles. The predicted molar refractivity (Wildman–Crippen MR) is 115 cm³/mol. The SMILES string of the molecule is C=CCn1c(SCCOc2ccccc2)nnc1[C@@H](C)NC(=O)c1ccccc1. The monoisotopic (exact) mass is 408 g/mol. The number of para-hydroxylation sites is 1. The minimum Gasteiger partial charge on any atom is -0.493 e. The standard InChI is InChI=1S/C22H24N4O2S/c1-3-14-26-20(17(2)23-21(27)18-10-6-4-7-11-18)24-25-22(26)29-16-15-28-19-12-8-5-9-13-19/h3-13,17H,1,14-16H2,2H3,(H,23,27)/t17-/m1/s1. The first-order chi connectivity index (χ1) is 14.2. The fraction of sp³-hybridized carbons (Fsp3) is 0.227. The van der Waals surface area contributed by atoms with Gasteiger partial charge in [0.05, 0.1) is 12.6 Å². The number of aromatic nitrogens is 3. The number of carbonyl (C=O) groups is 1. The van der Waals surface area contributed by atoms with Crippen molar-refractivity contribution >= 4 is 17.7 Å². The molecule has 0 spiro atoms. The third-order valence-corrected chi connectivity index (χ3v) is 5.09. The van der Waals surface area contributed by atoms with Crippen molar-refractivity contribution in [1.29, 1.82) is 0 Å². The van der Waals surface area contributed by atoms with Crippen molar-refractivity contribution in [1.82, 2.24) is 20.1 Å². The lowest BCUT2D eigenvalue weighted by Crippen LogP contribution is -2.28. The van der Waals surface area contributed by atoms with Crippen LogP contribution in [0.15, 0.2) is 78.5 Å². The van der Waals surface area contributed by atoms with E-state index in [4.69, 9.17) is 4.74 Å². The van der Waals surface area contributed by atoms with Crippen LogP contribution >= 0.6 is 11.8 Å². The highest BCUT2D eigenvalue weighted by atomic mass is 32.2. The zero-order chi connectivity index (χ0) is 20.5. The summed E-state index contributed by atoms with van der Waals surface area (Å²) in [6, 6.07) is 18.5. The van der Waals surface area contributed by atoms with Gasteiger partial charge < -0.3 is 14.6 Å². The van der Waals surface area contributed by atoms with Crippen molar-refractivity contribution in [2.24, 2.45) is 0 Å². The van der Waals surface area contributed by atoms with Crippen LogP contribution in [0.3, 0.4) is 0 Å². The minimum absolute atomic E-state index is 0.142. The molecule has 0 radical (unpaired) electrons. The maximum Gasteiger partial charge on any atom is 0.251 e. The van der Waals surface area contributed by atoms with E-state index in [9.17, 15) is 4.79 Å². The lowest BCUT2D eigenvalue weighted by molar-refractivity contribution is 0.0937. The molecule has 1 aromatic heterocycles. The van der Waals surface area contributed by atoms with Gasteiger partial charge in [0, 0.05) is 17.9 Å². The van der Waals surface area contributed by atoms with Gasteiger partial charge in [0.1, 0.15) is 5.75 Å². The Kier molecular flexibility index (Phi) is 7.47. The van der Waals surface area contributed by atoms with Gasteiger partial charge in [0.25, 0.3) is 5.91 Å². The molecule has 3 rings (SSSR count). The Morgan fingerprint density at radius 1 is 1.17 bits per heavy atom. The first-order valence-electron chi connectivity index (χ1n) is 9.39. The summed E-state index contributed by atoms with van der Waals surface area (Å²) in [5, 5.41) is 12.4. The molecule has 0 aliphatic carbocycles. The second-order valence-corrected chi connectivity index (χ2v) is 7.37. The van der Waals surface area contributed by atoms with Crippen LogP contribution in [-0.2, 0) is 6.54 Å². The van der Waals surface area contributed by atoms with Crippen LogP contribution in [0.4, 0.5) is 0 Å². The van der Waals surface area contributed by atoms with Crippen molar-refractivity contribution in [2.45, 2.75) is 24.7 Å². The summed E-state index contributed by atoms with van der Waals surface area (Å²) in [6.45, 7) is 6.85. The highest BCUT2D eigenvalue weighted by molar-refractivity contribution is 7.99. The number of nitrogens with one attached hydrogen (secondary N) is 1. The first-order valence-corrected chi connectivity index (χ1v) is 10.4. The van der Waals surface area contributed by atoms with Gasteiger partial charge in [-0.2, -0.15) is 0 Å². The van der Waals surface area contributed by atoms with Crippen LogP contribution in [0.5, 0.6) is 5.75 Å². The molecule has 0 saturated carbocycles. The Balaban J connectivity index is 1.61. The van der Waals surface area contributed by atoms with E-state index in [1.165, 1.54) is 0 Å². The Bertz CT molecular complexity index is 929. The van der Waals surface area contributed by atoms with E-state index in [-0.39, 0.29) is 11.9 Å². The zero-order valence-corrected chi connectivity index (χ0v) is 17.1. The number of nitrogens with zero attached hydrogens (tertiary/aromatic N) is 3. The largest absolute Gasteiger partial charge is 0.493 e. The van der Waals surface area contributed by atoms with Gasteiger partial charge in [0.2, 0.25) is 0 Å². The van der Waals surface area contributed by atoms with E-state index in [1.807, 2.05) is 60.0 Å². The summed E-state index contributed by atoms with van der Waals surface area (Å²) in [6.07, 6.45) is 1.79. The third-order valence-electron chi connectivity index (χ3n) is 4.15. The number of benzene rings is 2. The second-order valence-electron chi connectivity index (χ2n) is 6.31.